The summed E-state index contributed by atoms with van der Waals surface area (Å²) >= 11 is 0. The molecule has 0 aliphatic carbocycles. The zero-order chi connectivity index (χ0) is 12.3. The van der Waals surface area contributed by atoms with E-state index in [1.807, 2.05) is 30.3 Å². The molecule has 2 aromatic rings. The minimum atomic E-state index is 0.469. The van der Waals surface area contributed by atoms with Crippen LogP contribution in [0.1, 0.15) is 10.4 Å². The van der Waals surface area contributed by atoms with Gasteiger partial charge in [0, 0.05) is 11.3 Å². The van der Waals surface area contributed by atoms with Gasteiger partial charge in [-0.2, -0.15) is 0 Å². The van der Waals surface area contributed by atoms with Crippen LogP contribution in [0.15, 0.2) is 48.5 Å². The van der Waals surface area contributed by atoms with Crippen LogP contribution >= 0.6 is 0 Å². The maximum atomic E-state index is 11.0. The third-order valence-corrected chi connectivity index (χ3v) is 2.47. The number of nitrogen functional groups attached to an aromatic ring is 1. The van der Waals surface area contributed by atoms with Crippen LogP contribution in [-0.4, -0.2) is 6.29 Å². The lowest BCUT2D eigenvalue weighted by atomic mass is 10.1. The Kier molecular flexibility index (Phi) is 3.07. The maximum Gasteiger partial charge on any atom is 0.152 e. The predicted octanol–water partition coefficient (Wildman–Crippen LogP) is 2.09. The molecule has 4 nitrogen and oxygen atoms in total. The monoisotopic (exact) mass is 227 g/mol. The van der Waals surface area contributed by atoms with Crippen molar-refractivity contribution in [3.8, 4) is 0 Å². The number of benzene rings is 2. The first-order chi connectivity index (χ1) is 8.22. The van der Waals surface area contributed by atoms with Crippen LogP contribution in [0.2, 0.25) is 0 Å². The van der Waals surface area contributed by atoms with Gasteiger partial charge in [-0.3, -0.25) is 9.80 Å². The van der Waals surface area contributed by atoms with Crippen molar-refractivity contribution in [2.75, 3.05) is 10.7 Å². The van der Waals surface area contributed by atoms with Crippen molar-refractivity contribution >= 4 is 23.3 Å². The van der Waals surface area contributed by atoms with Crippen molar-refractivity contribution < 1.29 is 4.79 Å². The van der Waals surface area contributed by atoms with Crippen molar-refractivity contribution in [3.63, 3.8) is 0 Å². The second-order valence-corrected chi connectivity index (χ2v) is 3.64. The Morgan fingerprint density at radius 3 is 2.41 bits per heavy atom. The fraction of sp³-hybridized carbons (Fsp3) is 0. The molecule has 0 radical (unpaired) electrons. The molecule has 0 heterocycles. The Balaban J connectivity index is 2.44. The number of carbonyl (C=O) groups excluding carboxylic acids is 1. The van der Waals surface area contributed by atoms with Gasteiger partial charge < -0.3 is 5.73 Å². The Morgan fingerprint density at radius 1 is 1.06 bits per heavy atom. The summed E-state index contributed by atoms with van der Waals surface area (Å²) in [7, 11) is 0. The van der Waals surface area contributed by atoms with Gasteiger partial charge in [-0.1, -0.05) is 18.2 Å². The molecule has 86 valence electrons. The zero-order valence-corrected chi connectivity index (χ0v) is 9.21. The number of hydrazine groups is 1. The fourth-order valence-electron chi connectivity index (χ4n) is 1.61. The normalized spacial score (nSPS) is 9.94. The van der Waals surface area contributed by atoms with E-state index >= 15 is 0 Å². The zero-order valence-electron chi connectivity index (χ0n) is 9.21. The summed E-state index contributed by atoms with van der Waals surface area (Å²) in [5, 5.41) is 1.46. The summed E-state index contributed by atoms with van der Waals surface area (Å²) in [6.45, 7) is 0. The van der Waals surface area contributed by atoms with Crippen LogP contribution in [0.5, 0.6) is 0 Å². The van der Waals surface area contributed by atoms with Crippen LogP contribution < -0.4 is 16.6 Å². The smallest absolute Gasteiger partial charge is 0.152 e. The summed E-state index contributed by atoms with van der Waals surface area (Å²) in [6.07, 6.45) is 0.745. The second kappa shape index (κ2) is 4.67. The SMILES string of the molecule is Nc1ccc(N(N)c2ccccc2)c(C=O)c1. The Hall–Kier alpha value is -2.33. The highest BCUT2D eigenvalue weighted by molar-refractivity contribution is 5.88. The van der Waals surface area contributed by atoms with E-state index in [0.29, 0.717) is 16.9 Å². The van der Waals surface area contributed by atoms with E-state index in [2.05, 4.69) is 0 Å². The fourth-order valence-corrected chi connectivity index (χ4v) is 1.61. The number of rotatable bonds is 3. The van der Waals surface area contributed by atoms with E-state index in [-0.39, 0.29) is 0 Å². The molecule has 0 bridgehead atoms. The number of nitrogens with zero attached hydrogens (tertiary/aromatic N) is 1. The number of anilines is 3. The molecule has 4 N–H and O–H groups in total. The number of hydrogen-bond acceptors (Lipinski definition) is 4. The van der Waals surface area contributed by atoms with Crippen LogP contribution in [0.4, 0.5) is 17.1 Å². The van der Waals surface area contributed by atoms with E-state index in [1.165, 1.54) is 5.01 Å². The molecule has 0 amide bonds. The molecular weight excluding hydrogens is 214 g/mol. The molecule has 4 heteroatoms. The lowest BCUT2D eigenvalue weighted by molar-refractivity contribution is 0.112. The maximum absolute atomic E-state index is 11.0. The van der Waals surface area contributed by atoms with Gasteiger partial charge in [0.1, 0.15) is 0 Å². The van der Waals surface area contributed by atoms with Gasteiger partial charge >= 0.3 is 0 Å². The molecule has 0 aromatic heterocycles. The van der Waals surface area contributed by atoms with Crippen molar-refractivity contribution in [2.45, 2.75) is 0 Å². The molecule has 0 saturated carbocycles. The highest BCUT2D eigenvalue weighted by Crippen LogP contribution is 2.25. The van der Waals surface area contributed by atoms with Crippen LogP contribution in [0.3, 0.4) is 0 Å². The van der Waals surface area contributed by atoms with Gasteiger partial charge in [-0.05, 0) is 30.3 Å². The Bertz CT molecular complexity index is 525. The first-order valence-corrected chi connectivity index (χ1v) is 5.17. The molecule has 17 heavy (non-hydrogen) atoms. The molecule has 0 aliphatic rings. The highest BCUT2D eigenvalue weighted by Gasteiger charge is 2.09. The third kappa shape index (κ3) is 2.26. The molecule has 0 fully saturated rings. The molecule has 0 unspecified atom stereocenters. The number of carbonyl (C=O) groups is 1. The largest absolute Gasteiger partial charge is 0.399 e. The standard InChI is InChI=1S/C13H13N3O/c14-11-6-7-13(10(8-11)9-17)16(15)12-4-2-1-3-5-12/h1-9H,14-15H2. The first-order valence-electron chi connectivity index (χ1n) is 5.17. The van der Waals surface area contributed by atoms with E-state index in [0.717, 1.165) is 12.0 Å². The van der Waals surface area contributed by atoms with Crippen molar-refractivity contribution in [2.24, 2.45) is 5.84 Å². The predicted molar refractivity (Wildman–Crippen MR) is 69.0 cm³/mol. The van der Waals surface area contributed by atoms with Crippen molar-refractivity contribution in [3.05, 3.63) is 54.1 Å². The van der Waals surface area contributed by atoms with Gasteiger partial charge in [0.15, 0.2) is 6.29 Å². The number of hydrogen-bond donors (Lipinski definition) is 2. The van der Waals surface area contributed by atoms with Gasteiger partial charge in [-0.15, -0.1) is 0 Å². The van der Waals surface area contributed by atoms with Gasteiger partial charge in [0.05, 0.1) is 11.4 Å². The minimum Gasteiger partial charge on any atom is -0.399 e. The van der Waals surface area contributed by atoms with Crippen LogP contribution in [0, 0.1) is 0 Å². The number of nitrogens with two attached hydrogens (primary N) is 2. The lowest BCUT2D eigenvalue weighted by Gasteiger charge is -2.20. The minimum absolute atomic E-state index is 0.469. The summed E-state index contributed by atoms with van der Waals surface area (Å²) < 4.78 is 0. The average molecular weight is 227 g/mol. The molecule has 2 aromatic carbocycles. The van der Waals surface area contributed by atoms with E-state index in [1.54, 1.807) is 18.2 Å². The first kappa shape index (κ1) is 11.2. The molecular formula is C13H13N3O. The summed E-state index contributed by atoms with van der Waals surface area (Å²) in [5.41, 5.74) is 8.06. The molecule has 0 atom stereocenters. The Morgan fingerprint density at radius 2 is 1.76 bits per heavy atom. The number of aldehydes is 1. The summed E-state index contributed by atoms with van der Waals surface area (Å²) in [4.78, 5) is 11.0. The molecule has 0 saturated heterocycles. The summed E-state index contributed by atoms with van der Waals surface area (Å²) in [5.74, 6) is 5.98. The van der Waals surface area contributed by atoms with Gasteiger partial charge in [0.25, 0.3) is 0 Å². The summed E-state index contributed by atoms with van der Waals surface area (Å²) in [6, 6.07) is 14.4. The highest BCUT2D eigenvalue weighted by atomic mass is 16.1. The van der Waals surface area contributed by atoms with E-state index < -0.39 is 0 Å². The van der Waals surface area contributed by atoms with E-state index in [4.69, 9.17) is 11.6 Å². The quantitative estimate of drug-likeness (QED) is 0.364. The molecule has 0 spiro atoms. The number of para-hydroxylation sites is 1. The molecule has 2 rings (SSSR count). The van der Waals surface area contributed by atoms with Crippen molar-refractivity contribution in [1.82, 2.24) is 0 Å². The third-order valence-electron chi connectivity index (χ3n) is 2.47. The van der Waals surface area contributed by atoms with Crippen molar-refractivity contribution in [1.29, 1.82) is 0 Å². The second-order valence-electron chi connectivity index (χ2n) is 3.64. The lowest BCUT2D eigenvalue weighted by Crippen LogP contribution is -2.26. The van der Waals surface area contributed by atoms with Gasteiger partial charge in [-0.25, -0.2) is 5.84 Å². The topological polar surface area (TPSA) is 72.3 Å². The average Bonchev–Trinajstić information content (AvgIpc) is 2.39. The van der Waals surface area contributed by atoms with Crippen LogP contribution in [-0.2, 0) is 0 Å². The van der Waals surface area contributed by atoms with E-state index in [9.17, 15) is 4.79 Å². The Labute approximate surface area is 99.4 Å². The van der Waals surface area contributed by atoms with Crippen LogP contribution in [0.25, 0.3) is 0 Å². The molecule has 0 aliphatic heterocycles. The van der Waals surface area contributed by atoms with Gasteiger partial charge in [0.2, 0.25) is 0 Å².